The Morgan fingerprint density at radius 1 is 0.667 bits per heavy atom. The topological polar surface area (TPSA) is 68.2 Å². The monoisotopic (exact) mass is 446 g/mol. The summed E-state index contributed by atoms with van der Waals surface area (Å²) < 4.78 is 18.3. The van der Waals surface area contributed by atoms with Crippen molar-refractivity contribution in [2.75, 3.05) is 6.61 Å². The van der Waals surface area contributed by atoms with E-state index in [1.807, 2.05) is 91.0 Å². The lowest BCUT2D eigenvalue weighted by molar-refractivity contribution is -0.0714. The second-order valence-corrected chi connectivity index (χ2v) is 8.15. The molecule has 5 nitrogen and oxygen atoms in total. The molecule has 0 heterocycles. The Morgan fingerprint density at radius 3 is 1.76 bits per heavy atom. The average molecular weight is 447 g/mol. The van der Waals surface area contributed by atoms with E-state index in [0.29, 0.717) is 25.4 Å². The molecule has 0 fully saturated rings. The van der Waals surface area contributed by atoms with E-state index < -0.39 is 24.4 Å². The molecular weight excluding hydrogens is 416 g/mol. The molecule has 3 aromatic carbocycles. The number of hydrogen-bond acceptors (Lipinski definition) is 5. The Morgan fingerprint density at radius 2 is 1.18 bits per heavy atom. The van der Waals surface area contributed by atoms with Gasteiger partial charge in [-0.3, -0.25) is 0 Å². The summed E-state index contributed by atoms with van der Waals surface area (Å²) in [6.07, 6.45) is -1.58. The van der Waals surface area contributed by atoms with Gasteiger partial charge in [-0.15, -0.1) is 0 Å². The van der Waals surface area contributed by atoms with Gasteiger partial charge in [0.25, 0.3) is 0 Å². The lowest BCUT2D eigenvalue weighted by Gasteiger charge is -2.27. The van der Waals surface area contributed by atoms with Crippen LogP contribution in [0.25, 0.3) is 0 Å². The molecule has 0 saturated carbocycles. The maximum Gasteiger partial charge on any atom is 0.114 e. The highest BCUT2D eigenvalue weighted by Crippen LogP contribution is 2.29. The van der Waals surface area contributed by atoms with Crippen LogP contribution in [0.4, 0.5) is 0 Å². The third-order valence-electron chi connectivity index (χ3n) is 5.67. The zero-order valence-corrected chi connectivity index (χ0v) is 18.5. The molecule has 172 valence electrons. The lowest BCUT2D eigenvalue weighted by atomic mass is 10.1. The molecule has 5 heteroatoms. The van der Waals surface area contributed by atoms with Crippen LogP contribution in [0.1, 0.15) is 16.7 Å². The van der Waals surface area contributed by atoms with Crippen LogP contribution in [0, 0.1) is 0 Å². The van der Waals surface area contributed by atoms with Crippen LogP contribution in [-0.2, 0) is 34.0 Å². The van der Waals surface area contributed by atoms with E-state index in [-0.39, 0.29) is 6.61 Å². The first kappa shape index (κ1) is 23.4. The zero-order valence-electron chi connectivity index (χ0n) is 18.5. The van der Waals surface area contributed by atoms with Gasteiger partial charge in [-0.1, -0.05) is 91.0 Å². The minimum Gasteiger partial charge on any atom is -0.387 e. The molecular formula is C28H30O5. The largest absolute Gasteiger partial charge is 0.387 e. The summed E-state index contributed by atoms with van der Waals surface area (Å²) in [7, 11) is 0. The van der Waals surface area contributed by atoms with Crippen molar-refractivity contribution in [1.29, 1.82) is 0 Å². The summed E-state index contributed by atoms with van der Waals surface area (Å²) in [4.78, 5) is 0. The highest BCUT2D eigenvalue weighted by molar-refractivity contribution is 5.27. The zero-order chi connectivity index (χ0) is 22.9. The Hall–Kier alpha value is -2.80. The summed E-state index contributed by atoms with van der Waals surface area (Å²) in [6, 6.07) is 29.6. The fourth-order valence-corrected chi connectivity index (χ4v) is 3.88. The van der Waals surface area contributed by atoms with E-state index in [2.05, 4.69) is 0 Å². The molecule has 0 amide bonds. The van der Waals surface area contributed by atoms with Crippen LogP contribution in [0.15, 0.2) is 103 Å². The molecule has 1 aliphatic rings. The van der Waals surface area contributed by atoms with Crippen molar-refractivity contribution in [3.8, 4) is 0 Å². The summed E-state index contributed by atoms with van der Waals surface area (Å²) in [5, 5.41) is 21.0. The van der Waals surface area contributed by atoms with Crippen LogP contribution in [0.2, 0.25) is 0 Å². The fourth-order valence-electron chi connectivity index (χ4n) is 3.88. The Labute approximate surface area is 194 Å². The molecule has 4 atom stereocenters. The van der Waals surface area contributed by atoms with E-state index in [1.165, 1.54) is 0 Å². The Kier molecular flexibility index (Phi) is 8.41. The van der Waals surface area contributed by atoms with Crippen molar-refractivity contribution < 1.29 is 24.4 Å². The van der Waals surface area contributed by atoms with Crippen LogP contribution in [-0.4, -0.2) is 41.2 Å². The Bertz CT molecular complexity index is 991. The van der Waals surface area contributed by atoms with Crippen molar-refractivity contribution in [3.63, 3.8) is 0 Å². The lowest BCUT2D eigenvalue weighted by Crippen LogP contribution is -2.37. The molecule has 0 bridgehead atoms. The van der Waals surface area contributed by atoms with Crippen molar-refractivity contribution in [1.82, 2.24) is 0 Å². The summed E-state index contributed by atoms with van der Waals surface area (Å²) in [6.45, 7) is 1.43. The number of ether oxygens (including phenoxy) is 3. The molecule has 33 heavy (non-hydrogen) atoms. The molecule has 1 aliphatic carbocycles. The maximum atomic E-state index is 10.6. The third kappa shape index (κ3) is 6.60. The molecule has 0 aromatic heterocycles. The number of benzene rings is 3. The number of aliphatic hydroxyl groups excluding tert-OH is 2. The van der Waals surface area contributed by atoms with E-state index >= 15 is 0 Å². The van der Waals surface area contributed by atoms with E-state index in [4.69, 9.17) is 14.2 Å². The van der Waals surface area contributed by atoms with Gasteiger partial charge in [-0.05, 0) is 28.3 Å². The van der Waals surface area contributed by atoms with Crippen LogP contribution in [0.5, 0.6) is 0 Å². The molecule has 4 rings (SSSR count). The van der Waals surface area contributed by atoms with E-state index in [0.717, 1.165) is 16.7 Å². The van der Waals surface area contributed by atoms with Crippen molar-refractivity contribution >= 4 is 0 Å². The molecule has 0 aliphatic heterocycles. The van der Waals surface area contributed by atoms with Crippen molar-refractivity contribution in [2.24, 2.45) is 0 Å². The molecule has 0 spiro atoms. The highest BCUT2D eigenvalue weighted by atomic mass is 16.5. The minimum absolute atomic E-state index is 0.276. The summed E-state index contributed by atoms with van der Waals surface area (Å²) in [5.74, 6) is 0. The van der Waals surface area contributed by atoms with Crippen molar-refractivity contribution in [3.05, 3.63) is 119 Å². The molecule has 0 unspecified atom stereocenters. The van der Waals surface area contributed by atoms with Gasteiger partial charge in [0.05, 0.1) is 26.4 Å². The van der Waals surface area contributed by atoms with Crippen LogP contribution in [0.3, 0.4) is 0 Å². The van der Waals surface area contributed by atoms with Gasteiger partial charge in [-0.25, -0.2) is 0 Å². The number of rotatable bonds is 11. The average Bonchev–Trinajstić information content (AvgIpc) is 3.15. The SMILES string of the molecule is O[C@H]1[C@H](O)C=C([C@@H](COCc2ccccc2)OCc2ccccc2)[C@@H]1OCc1ccccc1. The fraction of sp³-hybridized carbons (Fsp3) is 0.286. The molecule has 0 radical (unpaired) electrons. The molecule has 2 N–H and O–H groups in total. The van der Waals surface area contributed by atoms with Gasteiger partial charge in [0.1, 0.15) is 24.4 Å². The maximum absolute atomic E-state index is 10.6. The van der Waals surface area contributed by atoms with Gasteiger partial charge in [-0.2, -0.15) is 0 Å². The summed E-state index contributed by atoms with van der Waals surface area (Å²) in [5.41, 5.74) is 3.80. The first-order valence-corrected chi connectivity index (χ1v) is 11.2. The number of hydrogen-bond donors (Lipinski definition) is 2. The third-order valence-corrected chi connectivity index (χ3v) is 5.67. The van der Waals surface area contributed by atoms with Gasteiger partial charge < -0.3 is 24.4 Å². The van der Waals surface area contributed by atoms with Crippen LogP contribution >= 0.6 is 0 Å². The second kappa shape index (κ2) is 11.9. The van der Waals surface area contributed by atoms with Gasteiger partial charge in [0.15, 0.2) is 0 Å². The minimum atomic E-state index is -1.05. The normalized spacial score (nSPS) is 21.0. The van der Waals surface area contributed by atoms with E-state index in [9.17, 15) is 10.2 Å². The molecule has 3 aromatic rings. The first-order chi connectivity index (χ1) is 16.2. The predicted molar refractivity (Wildman–Crippen MR) is 126 cm³/mol. The van der Waals surface area contributed by atoms with Crippen molar-refractivity contribution in [2.45, 2.75) is 44.2 Å². The first-order valence-electron chi connectivity index (χ1n) is 11.2. The highest BCUT2D eigenvalue weighted by Gasteiger charge is 2.39. The van der Waals surface area contributed by atoms with Gasteiger partial charge in [0, 0.05) is 0 Å². The standard InChI is InChI=1S/C28H30O5/c29-25-16-24(28(27(25)30)33-19-23-14-8-3-9-15-23)26(32-18-22-12-6-2-7-13-22)20-31-17-21-10-4-1-5-11-21/h1-16,25-30H,17-20H2/t25-,26-,27+,28+/m1/s1. The van der Waals surface area contributed by atoms with Crippen LogP contribution < -0.4 is 0 Å². The quantitative estimate of drug-likeness (QED) is 0.435. The Balaban J connectivity index is 1.46. The van der Waals surface area contributed by atoms with Gasteiger partial charge >= 0.3 is 0 Å². The van der Waals surface area contributed by atoms with Gasteiger partial charge in [0.2, 0.25) is 0 Å². The predicted octanol–water partition coefficient (Wildman–Crippen LogP) is 4.04. The molecule has 0 saturated heterocycles. The summed E-state index contributed by atoms with van der Waals surface area (Å²) >= 11 is 0. The van der Waals surface area contributed by atoms with E-state index in [1.54, 1.807) is 6.08 Å². The second-order valence-electron chi connectivity index (χ2n) is 8.15. The smallest absolute Gasteiger partial charge is 0.114 e. The number of aliphatic hydroxyl groups is 2.